The van der Waals surface area contributed by atoms with Crippen molar-refractivity contribution >= 4 is 21.6 Å². The van der Waals surface area contributed by atoms with Crippen molar-refractivity contribution < 1.29 is 0 Å². The van der Waals surface area contributed by atoms with Crippen molar-refractivity contribution in [2.75, 3.05) is 18.4 Å². The van der Waals surface area contributed by atoms with Gasteiger partial charge in [0, 0.05) is 35.3 Å². The van der Waals surface area contributed by atoms with Crippen LogP contribution in [0.5, 0.6) is 0 Å². The fourth-order valence-corrected chi connectivity index (χ4v) is 3.72. The van der Waals surface area contributed by atoms with Gasteiger partial charge in [-0.15, -0.1) is 0 Å². The zero-order chi connectivity index (χ0) is 13.1. The highest BCUT2D eigenvalue weighted by atomic mass is 79.9. The Labute approximate surface area is 124 Å². The fraction of sp³-hybridized carbons (Fsp3) is 0.625. The number of hydrogen-bond donors (Lipinski definition) is 1. The number of hydrogen-bond acceptors (Lipinski definition) is 2. The van der Waals surface area contributed by atoms with E-state index < -0.39 is 0 Å². The van der Waals surface area contributed by atoms with E-state index in [0.29, 0.717) is 6.04 Å². The molecule has 1 N–H and O–H groups in total. The topological polar surface area (TPSA) is 15.3 Å². The summed E-state index contributed by atoms with van der Waals surface area (Å²) in [5.41, 5.74) is 1.25. The lowest BCUT2D eigenvalue weighted by molar-refractivity contribution is 0.159. The summed E-state index contributed by atoms with van der Waals surface area (Å²) >= 11 is 3.48. The summed E-state index contributed by atoms with van der Waals surface area (Å²) in [5, 5.41) is 3.67. The zero-order valence-corrected chi connectivity index (χ0v) is 13.0. The Bertz CT molecular complexity index is 390. The average Bonchev–Trinajstić information content (AvgIpc) is 2.96. The van der Waals surface area contributed by atoms with Crippen LogP contribution in [0.25, 0.3) is 0 Å². The van der Waals surface area contributed by atoms with Crippen molar-refractivity contribution in [1.29, 1.82) is 0 Å². The van der Waals surface area contributed by atoms with E-state index in [1.165, 1.54) is 57.3 Å². The molecule has 0 spiro atoms. The van der Waals surface area contributed by atoms with Gasteiger partial charge in [-0.3, -0.25) is 0 Å². The molecule has 0 atom stereocenters. The Hall–Kier alpha value is -0.540. The SMILES string of the molecule is Brc1ccc(NC2CCN(C3CCCC3)CC2)cc1. The van der Waals surface area contributed by atoms with E-state index >= 15 is 0 Å². The minimum Gasteiger partial charge on any atom is -0.382 e. The Balaban J connectivity index is 1.48. The monoisotopic (exact) mass is 322 g/mol. The Morgan fingerprint density at radius 2 is 1.58 bits per heavy atom. The normalized spacial score (nSPS) is 22.8. The smallest absolute Gasteiger partial charge is 0.0343 e. The second kappa shape index (κ2) is 6.27. The summed E-state index contributed by atoms with van der Waals surface area (Å²) in [6, 6.07) is 10.1. The minimum atomic E-state index is 0.652. The van der Waals surface area contributed by atoms with Crippen LogP contribution in [0.4, 0.5) is 5.69 Å². The summed E-state index contributed by atoms with van der Waals surface area (Å²) in [6.45, 7) is 2.55. The van der Waals surface area contributed by atoms with Gasteiger partial charge >= 0.3 is 0 Å². The van der Waals surface area contributed by atoms with Crippen LogP contribution in [0.3, 0.4) is 0 Å². The summed E-state index contributed by atoms with van der Waals surface area (Å²) in [4.78, 5) is 2.73. The molecule has 2 aliphatic rings. The lowest BCUT2D eigenvalue weighted by Crippen LogP contribution is -2.43. The van der Waals surface area contributed by atoms with Crippen molar-refractivity contribution in [3.63, 3.8) is 0 Å². The molecule has 19 heavy (non-hydrogen) atoms. The maximum atomic E-state index is 3.67. The molecule has 0 unspecified atom stereocenters. The predicted molar refractivity (Wildman–Crippen MR) is 84.6 cm³/mol. The molecule has 2 nitrogen and oxygen atoms in total. The number of nitrogens with one attached hydrogen (secondary N) is 1. The third kappa shape index (κ3) is 3.51. The van der Waals surface area contributed by atoms with E-state index in [4.69, 9.17) is 0 Å². The van der Waals surface area contributed by atoms with Crippen LogP contribution in [0.1, 0.15) is 38.5 Å². The minimum absolute atomic E-state index is 0.652. The Morgan fingerprint density at radius 1 is 0.947 bits per heavy atom. The first-order valence-corrected chi connectivity index (χ1v) is 8.37. The Kier molecular flexibility index (Phi) is 4.44. The van der Waals surface area contributed by atoms with E-state index in [9.17, 15) is 0 Å². The van der Waals surface area contributed by atoms with Crippen LogP contribution in [-0.2, 0) is 0 Å². The molecule has 1 aliphatic carbocycles. The van der Waals surface area contributed by atoms with Gasteiger partial charge in [-0.25, -0.2) is 0 Å². The van der Waals surface area contributed by atoms with Crippen LogP contribution >= 0.6 is 15.9 Å². The van der Waals surface area contributed by atoms with Gasteiger partial charge in [-0.1, -0.05) is 28.8 Å². The zero-order valence-electron chi connectivity index (χ0n) is 11.4. The third-order valence-corrected chi connectivity index (χ3v) is 5.11. The predicted octanol–water partition coefficient (Wildman–Crippen LogP) is 4.27. The second-order valence-corrected chi connectivity index (χ2v) is 6.82. The first kappa shape index (κ1) is 13.4. The van der Waals surface area contributed by atoms with E-state index in [-0.39, 0.29) is 0 Å². The molecule has 104 valence electrons. The van der Waals surface area contributed by atoms with Gasteiger partial charge in [0.15, 0.2) is 0 Å². The van der Waals surface area contributed by atoms with Crippen LogP contribution < -0.4 is 5.32 Å². The first-order chi connectivity index (χ1) is 9.31. The molecule has 1 saturated heterocycles. The molecule has 0 amide bonds. The summed E-state index contributed by atoms with van der Waals surface area (Å²) in [7, 11) is 0. The quantitative estimate of drug-likeness (QED) is 0.894. The van der Waals surface area contributed by atoms with Gasteiger partial charge in [-0.2, -0.15) is 0 Å². The molecule has 1 heterocycles. The lowest BCUT2D eigenvalue weighted by Gasteiger charge is -2.36. The second-order valence-electron chi connectivity index (χ2n) is 5.90. The molecule has 0 bridgehead atoms. The average molecular weight is 323 g/mol. The molecule has 3 heteroatoms. The highest BCUT2D eigenvalue weighted by Crippen LogP contribution is 2.27. The lowest BCUT2D eigenvalue weighted by atomic mass is 10.0. The number of nitrogens with zero attached hydrogens (tertiary/aromatic N) is 1. The van der Waals surface area contributed by atoms with Gasteiger partial charge in [0.05, 0.1) is 0 Å². The molecule has 3 rings (SSSR count). The number of halogens is 1. The molecule has 1 aromatic rings. The van der Waals surface area contributed by atoms with Crippen LogP contribution in [0.2, 0.25) is 0 Å². The fourth-order valence-electron chi connectivity index (χ4n) is 3.46. The largest absolute Gasteiger partial charge is 0.382 e. The van der Waals surface area contributed by atoms with Crippen LogP contribution in [-0.4, -0.2) is 30.1 Å². The highest BCUT2D eigenvalue weighted by Gasteiger charge is 2.26. The maximum Gasteiger partial charge on any atom is 0.0343 e. The standard InChI is InChI=1S/C16H23BrN2/c17-13-5-7-14(8-6-13)18-15-9-11-19(12-10-15)16-3-1-2-4-16/h5-8,15-16,18H,1-4,9-12H2. The number of anilines is 1. The van der Waals surface area contributed by atoms with Crippen LogP contribution in [0.15, 0.2) is 28.7 Å². The number of piperidine rings is 1. The molecular formula is C16H23BrN2. The number of rotatable bonds is 3. The van der Waals surface area contributed by atoms with E-state index in [0.717, 1.165) is 10.5 Å². The van der Waals surface area contributed by atoms with E-state index in [1.54, 1.807) is 0 Å². The molecule has 2 fully saturated rings. The van der Waals surface area contributed by atoms with Crippen LogP contribution in [0, 0.1) is 0 Å². The molecule has 1 aliphatic heterocycles. The summed E-state index contributed by atoms with van der Waals surface area (Å²) in [6.07, 6.45) is 8.33. The molecule has 1 saturated carbocycles. The van der Waals surface area contributed by atoms with Crippen molar-refractivity contribution in [3.05, 3.63) is 28.7 Å². The maximum absolute atomic E-state index is 3.67. The highest BCUT2D eigenvalue weighted by molar-refractivity contribution is 9.10. The van der Waals surface area contributed by atoms with Crippen molar-refractivity contribution in [3.8, 4) is 0 Å². The number of likely N-dealkylation sites (tertiary alicyclic amines) is 1. The molecule has 1 aromatic carbocycles. The van der Waals surface area contributed by atoms with Gasteiger partial charge < -0.3 is 10.2 Å². The van der Waals surface area contributed by atoms with E-state index in [1.807, 2.05) is 0 Å². The number of benzene rings is 1. The van der Waals surface area contributed by atoms with Gasteiger partial charge in [0.1, 0.15) is 0 Å². The van der Waals surface area contributed by atoms with Gasteiger partial charge in [0.25, 0.3) is 0 Å². The Morgan fingerprint density at radius 3 is 2.21 bits per heavy atom. The van der Waals surface area contributed by atoms with Crippen molar-refractivity contribution in [1.82, 2.24) is 4.90 Å². The van der Waals surface area contributed by atoms with Crippen molar-refractivity contribution in [2.45, 2.75) is 50.6 Å². The van der Waals surface area contributed by atoms with Gasteiger partial charge in [0.2, 0.25) is 0 Å². The van der Waals surface area contributed by atoms with Gasteiger partial charge in [-0.05, 0) is 49.9 Å². The summed E-state index contributed by atoms with van der Waals surface area (Å²) < 4.78 is 1.15. The molecule has 0 aromatic heterocycles. The third-order valence-electron chi connectivity index (χ3n) is 4.59. The molecule has 0 radical (unpaired) electrons. The van der Waals surface area contributed by atoms with Crippen molar-refractivity contribution in [2.24, 2.45) is 0 Å². The summed E-state index contributed by atoms with van der Waals surface area (Å²) in [5.74, 6) is 0. The molecular weight excluding hydrogens is 300 g/mol. The van der Waals surface area contributed by atoms with E-state index in [2.05, 4.69) is 50.4 Å². The first-order valence-electron chi connectivity index (χ1n) is 7.57.